The standard InChI is InChI=1S/C24H14N6/c1-2-4-18-17(3-1)21-9-15(23-27-11-25-12-28-23)5-7-19(21)20-8-6-16(10-22(18)20)24-29-13-26-14-30-24/h1-14H. The highest BCUT2D eigenvalue weighted by molar-refractivity contribution is 6.26. The topological polar surface area (TPSA) is 77.3 Å². The first kappa shape index (κ1) is 16.6. The summed E-state index contributed by atoms with van der Waals surface area (Å²) in [5, 5.41) is 7.08. The molecule has 6 nitrogen and oxygen atoms in total. The molecule has 2 aromatic heterocycles. The van der Waals surface area contributed by atoms with Gasteiger partial charge in [-0.1, -0.05) is 48.5 Å². The van der Waals surface area contributed by atoms with Gasteiger partial charge >= 0.3 is 0 Å². The van der Waals surface area contributed by atoms with Crippen molar-refractivity contribution in [2.75, 3.05) is 0 Å². The predicted molar refractivity (Wildman–Crippen MR) is 117 cm³/mol. The molecule has 6 aromatic rings. The van der Waals surface area contributed by atoms with Crippen molar-refractivity contribution in [3.63, 3.8) is 0 Å². The highest BCUT2D eigenvalue weighted by atomic mass is 15.0. The molecule has 0 atom stereocenters. The summed E-state index contributed by atoms with van der Waals surface area (Å²) < 4.78 is 0. The second-order valence-electron chi connectivity index (χ2n) is 6.99. The third-order valence-corrected chi connectivity index (χ3v) is 5.34. The molecular formula is C24H14N6. The van der Waals surface area contributed by atoms with Crippen molar-refractivity contribution in [3.8, 4) is 22.8 Å². The van der Waals surface area contributed by atoms with Crippen LogP contribution < -0.4 is 0 Å². The zero-order valence-corrected chi connectivity index (χ0v) is 15.8. The van der Waals surface area contributed by atoms with Crippen LogP contribution in [-0.2, 0) is 0 Å². The summed E-state index contributed by atoms with van der Waals surface area (Å²) in [6, 6.07) is 21.2. The fourth-order valence-electron chi connectivity index (χ4n) is 4.01. The second-order valence-corrected chi connectivity index (χ2v) is 6.99. The van der Waals surface area contributed by atoms with E-state index in [9.17, 15) is 0 Å². The lowest BCUT2D eigenvalue weighted by Crippen LogP contribution is -1.91. The van der Waals surface area contributed by atoms with E-state index in [0.717, 1.165) is 11.1 Å². The number of benzene rings is 4. The van der Waals surface area contributed by atoms with E-state index in [-0.39, 0.29) is 0 Å². The van der Waals surface area contributed by atoms with Crippen LogP contribution in [0.3, 0.4) is 0 Å². The third-order valence-electron chi connectivity index (χ3n) is 5.34. The Morgan fingerprint density at radius 2 is 0.800 bits per heavy atom. The summed E-state index contributed by atoms with van der Waals surface area (Å²) in [7, 11) is 0. The molecule has 0 aliphatic heterocycles. The van der Waals surface area contributed by atoms with Gasteiger partial charge in [0.1, 0.15) is 25.3 Å². The summed E-state index contributed by atoms with van der Waals surface area (Å²) in [6.07, 6.45) is 6.09. The predicted octanol–water partition coefficient (Wildman–Crippen LogP) is 4.85. The van der Waals surface area contributed by atoms with Crippen molar-refractivity contribution in [1.82, 2.24) is 29.9 Å². The highest BCUT2D eigenvalue weighted by Crippen LogP contribution is 2.37. The smallest absolute Gasteiger partial charge is 0.162 e. The summed E-state index contributed by atoms with van der Waals surface area (Å²) >= 11 is 0. The van der Waals surface area contributed by atoms with Crippen LogP contribution in [0, 0.1) is 0 Å². The molecule has 0 fully saturated rings. The highest BCUT2D eigenvalue weighted by Gasteiger charge is 2.12. The van der Waals surface area contributed by atoms with E-state index in [1.807, 2.05) is 0 Å². The molecule has 0 aliphatic rings. The van der Waals surface area contributed by atoms with Gasteiger partial charge in [0.25, 0.3) is 0 Å². The van der Waals surface area contributed by atoms with Crippen LogP contribution in [0.4, 0.5) is 0 Å². The van der Waals surface area contributed by atoms with Crippen LogP contribution in [0.25, 0.3) is 55.1 Å². The first-order chi connectivity index (χ1) is 14.9. The molecule has 0 saturated carbocycles. The lowest BCUT2D eigenvalue weighted by atomic mass is 9.92. The summed E-state index contributed by atoms with van der Waals surface area (Å²) in [4.78, 5) is 25.1. The van der Waals surface area contributed by atoms with Crippen LogP contribution in [0.1, 0.15) is 0 Å². The van der Waals surface area contributed by atoms with Gasteiger partial charge in [0, 0.05) is 11.1 Å². The van der Waals surface area contributed by atoms with Crippen molar-refractivity contribution in [2.45, 2.75) is 0 Å². The zero-order valence-electron chi connectivity index (χ0n) is 15.8. The Hall–Kier alpha value is -4.32. The maximum absolute atomic E-state index is 4.30. The Kier molecular flexibility index (Phi) is 3.67. The minimum absolute atomic E-state index is 0.668. The van der Waals surface area contributed by atoms with Gasteiger partial charge in [-0.05, 0) is 44.5 Å². The van der Waals surface area contributed by atoms with Crippen molar-refractivity contribution >= 4 is 32.3 Å². The van der Waals surface area contributed by atoms with Crippen molar-refractivity contribution < 1.29 is 0 Å². The molecule has 0 radical (unpaired) electrons. The quantitative estimate of drug-likeness (QED) is 0.396. The Morgan fingerprint density at radius 3 is 1.23 bits per heavy atom. The molecule has 4 aromatic carbocycles. The molecule has 0 aliphatic carbocycles. The van der Waals surface area contributed by atoms with Gasteiger partial charge in [0.05, 0.1) is 0 Å². The molecule has 0 spiro atoms. The SMILES string of the molecule is c1ccc2c(c1)c1cc(-c3ncncn3)ccc1c1ccc(-c3ncncn3)cc21. The van der Waals surface area contributed by atoms with Crippen molar-refractivity contribution in [3.05, 3.63) is 86.0 Å². The average Bonchev–Trinajstić information content (AvgIpc) is 2.85. The first-order valence-electron chi connectivity index (χ1n) is 9.51. The monoisotopic (exact) mass is 386 g/mol. The van der Waals surface area contributed by atoms with E-state index in [0.29, 0.717) is 11.6 Å². The lowest BCUT2D eigenvalue weighted by Gasteiger charge is -2.12. The van der Waals surface area contributed by atoms with Crippen LogP contribution in [-0.4, -0.2) is 29.9 Å². The minimum Gasteiger partial charge on any atom is -0.225 e. The van der Waals surface area contributed by atoms with Gasteiger partial charge in [-0.15, -0.1) is 0 Å². The van der Waals surface area contributed by atoms with Gasteiger partial charge in [-0.2, -0.15) is 0 Å². The van der Waals surface area contributed by atoms with Gasteiger partial charge in [-0.3, -0.25) is 0 Å². The van der Waals surface area contributed by atoms with E-state index >= 15 is 0 Å². The Morgan fingerprint density at radius 1 is 0.400 bits per heavy atom. The Bertz CT molecular complexity index is 1390. The lowest BCUT2D eigenvalue weighted by molar-refractivity contribution is 1.06. The van der Waals surface area contributed by atoms with E-state index in [2.05, 4.69) is 90.6 Å². The molecule has 140 valence electrons. The Labute approximate surface area is 171 Å². The zero-order chi connectivity index (χ0) is 19.9. The maximum Gasteiger partial charge on any atom is 0.162 e. The average molecular weight is 386 g/mol. The molecule has 30 heavy (non-hydrogen) atoms. The third kappa shape index (κ3) is 2.58. The fourth-order valence-corrected chi connectivity index (χ4v) is 4.01. The first-order valence-corrected chi connectivity index (χ1v) is 9.51. The van der Waals surface area contributed by atoms with Gasteiger partial charge < -0.3 is 0 Å². The maximum atomic E-state index is 4.30. The molecule has 0 amide bonds. The summed E-state index contributed by atoms with van der Waals surface area (Å²) in [5.41, 5.74) is 1.94. The molecule has 0 N–H and O–H groups in total. The fraction of sp³-hybridized carbons (Fsp3) is 0. The second kappa shape index (κ2) is 6.63. The molecular weight excluding hydrogens is 372 g/mol. The van der Waals surface area contributed by atoms with Crippen LogP contribution >= 0.6 is 0 Å². The number of hydrogen-bond donors (Lipinski definition) is 0. The number of fused-ring (bicyclic) bond motifs is 6. The van der Waals surface area contributed by atoms with E-state index < -0.39 is 0 Å². The van der Waals surface area contributed by atoms with E-state index in [1.165, 1.54) is 57.6 Å². The summed E-state index contributed by atoms with van der Waals surface area (Å²) in [6.45, 7) is 0. The van der Waals surface area contributed by atoms with E-state index in [4.69, 9.17) is 0 Å². The van der Waals surface area contributed by atoms with Crippen LogP contribution in [0.5, 0.6) is 0 Å². The molecule has 0 saturated heterocycles. The molecule has 0 bridgehead atoms. The normalized spacial score (nSPS) is 11.3. The molecule has 6 heteroatoms. The number of rotatable bonds is 2. The Balaban J connectivity index is 1.69. The van der Waals surface area contributed by atoms with Crippen molar-refractivity contribution in [1.29, 1.82) is 0 Å². The van der Waals surface area contributed by atoms with Gasteiger partial charge in [0.15, 0.2) is 11.6 Å². The minimum atomic E-state index is 0.668. The van der Waals surface area contributed by atoms with Crippen LogP contribution in [0.15, 0.2) is 86.0 Å². The largest absolute Gasteiger partial charge is 0.225 e. The van der Waals surface area contributed by atoms with Gasteiger partial charge in [-0.25, -0.2) is 29.9 Å². The van der Waals surface area contributed by atoms with Crippen LogP contribution in [0.2, 0.25) is 0 Å². The summed E-state index contributed by atoms with van der Waals surface area (Å²) in [5.74, 6) is 1.34. The molecule has 0 unspecified atom stereocenters. The van der Waals surface area contributed by atoms with Gasteiger partial charge in [0.2, 0.25) is 0 Å². The molecule has 2 heterocycles. The van der Waals surface area contributed by atoms with Crippen molar-refractivity contribution in [2.24, 2.45) is 0 Å². The number of aromatic nitrogens is 6. The number of nitrogens with zero attached hydrogens (tertiary/aromatic N) is 6. The van der Waals surface area contributed by atoms with E-state index in [1.54, 1.807) is 0 Å². The number of hydrogen-bond acceptors (Lipinski definition) is 6. The molecule has 6 rings (SSSR count).